The standard InChI is InChI=1S/C27H25N5O3S2/c1-37(33,34)14-13-28-16-21-17-36-27(32-21)19-7-12-25-24(15-19)26(30-18-29-25)31-20-8-10-23(11-9-20)35-22-5-3-2-4-6-22/h2-12,15,17-18,28H,13-14,16H2,1H3,(H,29,30,31). The predicted molar refractivity (Wildman–Crippen MR) is 148 cm³/mol. The van der Waals surface area contributed by atoms with E-state index >= 15 is 0 Å². The van der Waals surface area contributed by atoms with Gasteiger partial charge in [-0.05, 0) is 54.6 Å². The molecule has 2 aromatic heterocycles. The summed E-state index contributed by atoms with van der Waals surface area (Å²) in [6, 6.07) is 23.3. The molecule has 8 nitrogen and oxygen atoms in total. The van der Waals surface area contributed by atoms with Crippen LogP contribution in [-0.4, -0.2) is 41.9 Å². The van der Waals surface area contributed by atoms with Gasteiger partial charge in [-0.3, -0.25) is 0 Å². The number of fused-ring (bicyclic) bond motifs is 1. The summed E-state index contributed by atoms with van der Waals surface area (Å²) in [4.78, 5) is 13.6. The molecule has 0 atom stereocenters. The van der Waals surface area contributed by atoms with Crippen LogP contribution in [-0.2, 0) is 16.4 Å². The summed E-state index contributed by atoms with van der Waals surface area (Å²) in [5.74, 6) is 2.33. The van der Waals surface area contributed by atoms with Gasteiger partial charge >= 0.3 is 0 Å². The number of anilines is 2. The van der Waals surface area contributed by atoms with E-state index < -0.39 is 9.84 Å². The third kappa shape index (κ3) is 6.67. The van der Waals surface area contributed by atoms with Gasteiger partial charge in [-0.2, -0.15) is 0 Å². The lowest BCUT2D eigenvalue weighted by Crippen LogP contribution is -2.22. The number of nitrogens with zero attached hydrogens (tertiary/aromatic N) is 3. The lowest BCUT2D eigenvalue weighted by atomic mass is 10.1. The van der Waals surface area contributed by atoms with Crippen LogP contribution in [0.2, 0.25) is 0 Å². The van der Waals surface area contributed by atoms with Gasteiger partial charge in [0.2, 0.25) is 0 Å². The van der Waals surface area contributed by atoms with E-state index in [0.29, 0.717) is 18.9 Å². The Morgan fingerprint density at radius 1 is 0.946 bits per heavy atom. The molecule has 37 heavy (non-hydrogen) atoms. The first-order chi connectivity index (χ1) is 17.9. The number of thiazole rings is 1. The van der Waals surface area contributed by atoms with Crippen molar-refractivity contribution in [3.8, 4) is 22.1 Å². The summed E-state index contributed by atoms with van der Waals surface area (Å²) in [6.45, 7) is 0.910. The average molecular weight is 532 g/mol. The summed E-state index contributed by atoms with van der Waals surface area (Å²) in [6.07, 6.45) is 2.78. The maximum absolute atomic E-state index is 11.3. The van der Waals surface area contributed by atoms with Gasteiger partial charge in [0.05, 0.1) is 17.0 Å². The molecular weight excluding hydrogens is 506 g/mol. The average Bonchev–Trinajstić information content (AvgIpc) is 3.37. The quantitative estimate of drug-likeness (QED) is 0.230. The van der Waals surface area contributed by atoms with Crippen LogP contribution in [0.3, 0.4) is 0 Å². The fourth-order valence-electron chi connectivity index (χ4n) is 3.65. The number of aromatic nitrogens is 3. The Labute approximate surface area is 219 Å². The molecule has 0 fully saturated rings. The first-order valence-electron chi connectivity index (χ1n) is 11.6. The SMILES string of the molecule is CS(=O)(=O)CCNCc1csc(-c2ccc3ncnc(Nc4ccc(Oc5ccccc5)cc4)c3c2)n1. The Kier molecular flexibility index (Phi) is 7.40. The van der Waals surface area contributed by atoms with Crippen molar-refractivity contribution in [1.82, 2.24) is 20.3 Å². The van der Waals surface area contributed by atoms with E-state index in [0.717, 1.165) is 44.4 Å². The maximum Gasteiger partial charge on any atom is 0.148 e. The first kappa shape index (κ1) is 24.8. The van der Waals surface area contributed by atoms with E-state index in [-0.39, 0.29) is 5.75 Å². The molecular formula is C27H25N5O3S2. The van der Waals surface area contributed by atoms with Crippen molar-refractivity contribution in [3.05, 3.63) is 90.2 Å². The fourth-order valence-corrected chi connectivity index (χ4v) is 4.98. The van der Waals surface area contributed by atoms with Gasteiger partial charge in [0.15, 0.2) is 0 Å². The topological polar surface area (TPSA) is 106 Å². The Hall–Kier alpha value is -3.86. The molecule has 0 unspecified atom stereocenters. The van der Waals surface area contributed by atoms with Gasteiger partial charge in [0, 0.05) is 41.4 Å². The normalized spacial score (nSPS) is 11.5. The van der Waals surface area contributed by atoms with Crippen LogP contribution in [0.15, 0.2) is 84.5 Å². The molecule has 2 heterocycles. The second-order valence-electron chi connectivity index (χ2n) is 8.47. The molecule has 5 aromatic rings. The van der Waals surface area contributed by atoms with Gasteiger partial charge in [0.25, 0.3) is 0 Å². The van der Waals surface area contributed by atoms with Gasteiger partial charge in [-0.15, -0.1) is 11.3 Å². The number of benzene rings is 3. The van der Waals surface area contributed by atoms with Gasteiger partial charge < -0.3 is 15.4 Å². The molecule has 0 saturated heterocycles. The Balaban J connectivity index is 1.30. The van der Waals surface area contributed by atoms with Crippen LogP contribution in [0.1, 0.15) is 5.69 Å². The zero-order valence-corrected chi connectivity index (χ0v) is 21.7. The molecule has 2 N–H and O–H groups in total. The predicted octanol–water partition coefficient (Wildman–Crippen LogP) is 5.42. The molecule has 0 aliphatic carbocycles. The maximum atomic E-state index is 11.3. The third-order valence-electron chi connectivity index (χ3n) is 5.49. The Morgan fingerprint density at radius 2 is 1.73 bits per heavy atom. The Bertz CT molecular complexity index is 1600. The van der Waals surface area contributed by atoms with Crippen LogP contribution >= 0.6 is 11.3 Å². The summed E-state index contributed by atoms with van der Waals surface area (Å²) < 4.78 is 28.5. The van der Waals surface area contributed by atoms with Crippen LogP contribution in [0.25, 0.3) is 21.5 Å². The van der Waals surface area contributed by atoms with Crippen molar-refractivity contribution < 1.29 is 13.2 Å². The highest BCUT2D eigenvalue weighted by Crippen LogP contribution is 2.31. The minimum absolute atomic E-state index is 0.104. The largest absolute Gasteiger partial charge is 0.457 e. The van der Waals surface area contributed by atoms with E-state index in [9.17, 15) is 8.42 Å². The molecule has 0 radical (unpaired) electrons. The molecule has 5 rings (SSSR count). The molecule has 0 aliphatic rings. The molecule has 3 aromatic carbocycles. The summed E-state index contributed by atoms with van der Waals surface area (Å²) in [7, 11) is -2.98. The minimum atomic E-state index is -2.98. The molecule has 188 valence electrons. The smallest absolute Gasteiger partial charge is 0.148 e. The number of sulfone groups is 1. The molecule has 0 spiro atoms. The molecule has 10 heteroatoms. The van der Waals surface area contributed by atoms with Crippen molar-refractivity contribution in [3.63, 3.8) is 0 Å². The van der Waals surface area contributed by atoms with Crippen LogP contribution in [0, 0.1) is 0 Å². The van der Waals surface area contributed by atoms with Crippen molar-refractivity contribution >= 4 is 43.6 Å². The van der Waals surface area contributed by atoms with Crippen molar-refractivity contribution in [2.24, 2.45) is 0 Å². The Morgan fingerprint density at radius 3 is 2.51 bits per heavy atom. The zero-order valence-electron chi connectivity index (χ0n) is 20.1. The third-order valence-corrected chi connectivity index (χ3v) is 7.37. The lowest BCUT2D eigenvalue weighted by molar-refractivity contribution is 0.483. The fraction of sp³-hybridized carbons (Fsp3) is 0.148. The van der Waals surface area contributed by atoms with E-state index in [1.165, 1.54) is 6.26 Å². The number of para-hydroxylation sites is 1. The number of ether oxygens (including phenoxy) is 1. The van der Waals surface area contributed by atoms with Gasteiger partial charge in [-0.25, -0.2) is 23.4 Å². The molecule has 0 amide bonds. The lowest BCUT2D eigenvalue weighted by Gasteiger charge is -2.10. The zero-order chi connectivity index (χ0) is 25.7. The highest BCUT2D eigenvalue weighted by atomic mass is 32.2. The molecule has 0 aliphatic heterocycles. The molecule has 0 saturated carbocycles. The monoisotopic (exact) mass is 531 g/mol. The van der Waals surface area contributed by atoms with Crippen molar-refractivity contribution in [2.75, 3.05) is 23.9 Å². The highest BCUT2D eigenvalue weighted by molar-refractivity contribution is 7.90. The summed E-state index contributed by atoms with van der Waals surface area (Å²) >= 11 is 1.54. The number of hydrogen-bond donors (Lipinski definition) is 2. The summed E-state index contributed by atoms with van der Waals surface area (Å²) in [5.41, 5.74) is 3.53. The van der Waals surface area contributed by atoms with E-state index in [1.54, 1.807) is 17.7 Å². The number of hydrogen-bond acceptors (Lipinski definition) is 9. The number of nitrogens with one attached hydrogen (secondary N) is 2. The second-order valence-corrected chi connectivity index (χ2v) is 11.6. The number of rotatable bonds is 10. The van der Waals surface area contributed by atoms with Crippen molar-refractivity contribution in [2.45, 2.75) is 6.54 Å². The first-order valence-corrected chi connectivity index (χ1v) is 14.5. The van der Waals surface area contributed by atoms with Gasteiger partial charge in [-0.1, -0.05) is 18.2 Å². The summed E-state index contributed by atoms with van der Waals surface area (Å²) in [5, 5.41) is 10.3. The van der Waals surface area contributed by atoms with E-state index in [1.807, 2.05) is 78.2 Å². The van der Waals surface area contributed by atoms with Crippen molar-refractivity contribution in [1.29, 1.82) is 0 Å². The highest BCUT2D eigenvalue weighted by Gasteiger charge is 2.10. The van der Waals surface area contributed by atoms with Gasteiger partial charge in [0.1, 0.15) is 38.5 Å². The van der Waals surface area contributed by atoms with E-state index in [2.05, 4.69) is 20.6 Å². The van der Waals surface area contributed by atoms with Crippen LogP contribution < -0.4 is 15.4 Å². The second kappa shape index (κ2) is 11.0. The minimum Gasteiger partial charge on any atom is -0.457 e. The van der Waals surface area contributed by atoms with E-state index in [4.69, 9.17) is 9.72 Å². The van der Waals surface area contributed by atoms with Crippen LogP contribution in [0.4, 0.5) is 11.5 Å². The molecule has 0 bridgehead atoms. The van der Waals surface area contributed by atoms with Crippen LogP contribution in [0.5, 0.6) is 11.5 Å².